The van der Waals surface area contributed by atoms with Crippen LogP contribution in [0.1, 0.15) is 32.6 Å². The van der Waals surface area contributed by atoms with E-state index >= 15 is 0 Å². The van der Waals surface area contributed by atoms with Gasteiger partial charge < -0.3 is 10.8 Å². The van der Waals surface area contributed by atoms with E-state index in [4.69, 9.17) is 10.8 Å². The van der Waals surface area contributed by atoms with Gasteiger partial charge in [0.25, 0.3) is 0 Å². The van der Waals surface area contributed by atoms with Crippen LogP contribution in [0.15, 0.2) is 0 Å². The normalized spacial score (nSPS) is 32.2. The number of rotatable bonds is 4. The second kappa shape index (κ2) is 5.10. The quantitative estimate of drug-likeness (QED) is 0.702. The molecule has 0 aromatic carbocycles. The summed E-state index contributed by atoms with van der Waals surface area (Å²) in [5.74, 6) is 0. The summed E-state index contributed by atoms with van der Waals surface area (Å²) in [6.07, 6.45) is 4.53. The third kappa shape index (κ3) is 3.33. The summed E-state index contributed by atoms with van der Waals surface area (Å²) in [6.45, 7) is 2.50. The molecule has 0 spiro atoms. The molecule has 3 N–H and O–H groups in total. The summed E-state index contributed by atoms with van der Waals surface area (Å²) in [5.41, 5.74) is 5.81. The van der Waals surface area contributed by atoms with Gasteiger partial charge >= 0.3 is 0 Å². The van der Waals surface area contributed by atoms with Gasteiger partial charge in [0.05, 0.1) is 0 Å². The number of thioether (sulfide) groups is 1. The van der Waals surface area contributed by atoms with Gasteiger partial charge in [-0.1, -0.05) is 6.92 Å². The van der Waals surface area contributed by atoms with Crippen LogP contribution in [0.2, 0.25) is 0 Å². The van der Waals surface area contributed by atoms with E-state index in [0.29, 0.717) is 17.9 Å². The molecule has 3 heteroatoms. The molecule has 0 saturated heterocycles. The Balaban J connectivity index is 2.14. The zero-order valence-corrected chi connectivity index (χ0v) is 8.52. The Labute approximate surface area is 78.9 Å². The zero-order valence-electron chi connectivity index (χ0n) is 7.70. The lowest BCUT2D eigenvalue weighted by Crippen LogP contribution is -2.16. The van der Waals surface area contributed by atoms with Crippen molar-refractivity contribution in [2.75, 3.05) is 6.61 Å². The van der Waals surface area contributed by atoms with Crippen molar-refractivity contribution < 1.29 is 5.11 Å². The van der Waals surface area contributed by atoms with Crippen molar-refractivity contribution in [1.29, 1.82) is 0 Å². The summed E-state index contributed by atoms with van der Waals surface area (Å²) >= 11 is 2.00. The smallest absolute Gasteiger partial charge is 0.0441 e. The molecule has 2 nitrogen and oxygen atoms in total. The Hall–Kier alpha value is 0.270. The van der Waals surface area contributed by atoms with Crippen molar-refractivity contribution in [2.45, 2.75) is 49.1 Å². The van der Waals surface area contributed by atoms with Gasteiger partial charge in [0.2, 0.25) is 0 Å². The first-order valence-electron chi connectivity index (χ1n) is 4.74. The fourth-order valence-electron chi connectivity index (χ4n) is 1.68. The van der Waals surface area contributed by atoms with Crippen LogP contribution in [0, 0.1) is 0 Å². The molecule has 1 fully saturated rings. The molecule has 1 aliphatic carbocycles. The molecule has 1 saturated carbocycles. The standard InChI is InChI=1S/C9H19NOS/c1-7(4-5-11)12-9-3-2-8(10)6-9/h7-9,11H,2-6,10H2,1H3. The van der Waals surface area contributed by atoms with Crippen LogP contribution < -0.4 is 5.73 Å². The molecule has 0 aliphatic heterocycles. The van der Waals surface area contributed by atoms with E-state index < -0.39 is 0 Å². The molecule has 0 bridgehead atoms. The maximum atomic E-state index is 8.72. The Bertz CT molecular complexity index is 132. The molecule has 12 heavy (non-hydrogen) atoms. The molecule has 3 unspecified atom stereocenters. The van der Waals surface area contributed by atoms with Crippen molar-refractivity contribution in [3.8, 4) is 0 Å². The first-order valence-corrected chi connectivity index (χ1v) is 5.68. The summed E-state index contributed by atoms with van der Waals surface area (Å²) in [5, 5.41) is 10.1. The van der Waals surface area contributed by atoms with E-state index in [0.717, 1.165) is 11.7 Å². The predicted molar refractivity (Wildman–Crippen MR) is 54.4 cm³/mol. The minimum absolute atomic E-state index is 0.312. The van der Waals surface area contributed by atoms with Crippen LogP contribution in [-0.2, 0) is 0 Å². The van der Waals surface area contributed by atoms with Crippen molar-refractivity contribution >= 4 is 11.8 Å². The summed E-state index contributed by atoms with van der Waals surface area (Å²) in [7, 11) is 0. The van der Waals surface area contributed by atoms with Crippen LogP contribution in [0.4, 0.5) is 0 Å². The monoisotopic (exact) mass is 189 g/mol. The van der Waals surface area contributed by atoms with Gasteiger partial charge in [-0.25, -0.2) is 0 Å². The van der Waals surface area contributed by atoms with Gasteiger partial charge in [-0.15, -0.1) is 0 Å². The van der Waals surface area contributed by atoms with E-state index in [1.807, 2.05) is 11.8 Å². The highest BCUT2D eigenvalue weighted by Gasteiger charge is 2.23. The molecule has 3 atom stereocenters. The first kappa shape index (κ1) is 10.4. The fraction of sp³-hybridized carbons (Fsp3) is 1.00. The Morgan fingerprint density at radius 1 is 1.58 bits per heavy atom. The molecule has 0 radical (unpaired) electrons. The van der Waals surface area contributed by atoms with Crippen molar-refractivity contribution in [2.24, 2.45) is 5.73 Å². The molecular formula is C9H19NOS. The fourth-order valence-corrected chi connectivity index (χ4v) is 3.20. The number of aliphatic hydroxyl groups excluding tert-OH is 1. The van der Waals surface area contributed by atoms with Crippen LogP contribution in [-0.4, -0.2) is 28.3 Å². The van der Waals surface area contributed by atoms with E-state index in [1.54, 1.807) is 0 Å². The third-order valence-corrected chi connectivity index (χ3v) is 3.90. The van der Waals surface area contributed by atoms with Crippen molar-refractivity contribution in [3.63, 3.8) is 0 Å². The van der Waals surface area contributed by atoms with E-state index in [2.05, 4.69) is 6.92 Å². The molecule has 1 aliphatic rings. The van der Waals surface area contributed by atoms with Crippen LogP contribution >= 0.6 is 11.8 Å². The van der Waals surface area contributed by atoms with E-state index in [-0.39, 0.29) is 0 Å². The second-order valence-corrected chi connectivity index (χ2v) is 5.40. The number of aliphatic hydroxyl groups is 1. The highest BCUT2D eigenvalue weighted by Crippen LogP contribution is 2.32. The van der Waals surface area contributed by atoms with Gasteiger partial charge in [-0.05, 0) is 25.7 Å². The minimum Gasteiger partial charge on any atom is -0.396 e. The number of hydrogen-bond acceptors (Lipinski definition) is 3. The average molecular weight is 189 g/mol. The molecule has 0 amide bonds. The highest BCUT2D eigenvalue weighted by atomic mass is 32.2. The molecule has 0 heterocycles. The topological polar surface area (TPSA) is 46.2 Å². The van der Waals surface area contributed by atoms with Crippen LogP contribution in [0.5, 0.6) is 0 Å². The Morgan fingerprint density at radius 3 is 2.83 bits per heavy atom. The average Bonchev–Trinajstić information content (AvgIpc) is 2.36. The van der Waals surface area contributed by atoms with Gasteiger partial charge in [-0.2, -0.15) is 11.8 Å². The lowest BCUT2D eigenvalue weighted by Gasteiger charge is -2.14. The summed E-state index contributed by atoms with van der Waals surface area (Å²) in [4.78, 5) is 0. The van der Waals surface area contributed by atoms with E-state index in [9.17, 15) is 0 Å². The largest absolute Gasteiger partial charge is 0.396 e. The van der Waals surface area contributed by atoms with Crippen LogP contribution in [0.3, 0.4) is 0 Å². The Kier molecular flexibility index (Phi) is 4.40. The highest BCUT2D eigenvalue weighted by molar-refractivity contribution is 8.00. The number of nitrogens with two attached hydrogens (primary N) is 1. The SMILES string of the molecule is CC(CCO)SC1CCC(N)C1. The molecule has 0 aromatic rings. The van der Waals surface area contributed by atoms with E-state index in [1.165, 1.54) is 19.3 Å². The maximum absolute atomic E-state index is 8.72. The lowest BCUT2D eigenvalue weighted by molar-refractivity contribution is 0.289. The zero-order chi connectivity index (χ0) is 8.97. The predicted octanol–water partition coefficient (Wildman–Crippen LogP) is 1.37. The van der Waals surface area contributed by atoms with Crippen LogP contribution in [0.25, 0.3) is 0 Å². The third-order valence-electron chi connectivity index (χ3n) is 2.39. The van der Waals surface area contributed by atoms with Crippen molar-refractivity contribution in [1.82, 2.24) is 0 Å². The lowest BCUT2D eigenvalue weighted by atomic mass is 10.3. The molecule has 0 aromatic heterocycles. The maximum Gasteiger partial charge on any atom is 0.0441 e. The summed E-state index contributed by atoms with van der Waals surface area (Å²) < 4.78 is 0. The minimum atomic E-state index is 0.312. The van der Waals surface area contributed by atoms with Gasteiger partial charge in [0, 0.05) is 23.1 Å². The first-order chi connectivity index (χ1) is 5.72. The molecular weight excluding hydrogens is 170 g/mol. The molecule has 1 rings (SSSR count). The Morgan fingerprint density at radius 2 is 2.33 bits per heavy atom. The number of hydrogen-bond donors (Lipinski definition) is 2. The molecule has 72 valence electrons. The van der Waals surface area contributed by atoms with Gasteiger partial charge in [0.1, 0.15) is 0 Å². The van der Waals surface area contributed by atoms with Gasteiger partial charge in [0.15, 0.2) is 0 Å². The van der Waals surface area contributed by atoms with Gasteiger partial charge in [-0.3, -0.25) is 0 Å². The van der Waals surface area contributed by atoms with Crippen molar-refractivity contribution in [3.05, 3.63) is 0 Å². The summed E-state index contributed by atoms with van der Waals surface area (Å²) in [6, 6.07) is 0.434. The second-order valence-electron chi connectivity index (χ2n) is 3.65.